The Bertz CT molecular complexity index is 436. The van der Waals surface area contributed by atoms with Crippen LogP contribution in [-0.4, -0.2) is 112 Å². The Morgan fingerprint density at radius 3 is 1.10 bits per heavy atom. The van der Waals surface area contributed by atoms with E-state index in [4.69, 9.17) is 51.1 Å². The molecule has 0 spiro atoms. The highest BCUT2D eigenvalue weighted by Gasteiger charge is 2.30. The molecule has 0 aromatic rings. The Labute approximate surface area is 171 Å². The van der Waals surface area contributed by atoms with Crippen molar-refractivity contribution >= 4 is 23.9 Å². The molecule has 0 radical (unpaired) electrons. The first kappa shape index (κ1) is 32.3. The number of rotatable bonds is 12. The number of hydrogen-bond donors (Lipinski definition) is 10. The molecule has 178 valence electrons. The number of carboxylic acid groups (broad SMARTS) is 4. The van der Waals surface area contributed by atoms with E-state index in [0.717, 1.165) is 12.8 Å². The molecule has 0 heterocycles. The van der Waals surface area contributed by atoms with Crippen LogP contribution in [0.25, 0.3) is 0 Å². The lowest BCUT2D eigenvalue weighted by atomic mass is 10.1. The standard InChI is InChI=1S/C8H18O2.2C4H6O6/c1-2-3-4-5-8(10)6-7-9;2*5-1(3(7)8)2(6)4(9)10/h8-10H,2-7H2,1H3;2*1-2,5-6H,(H,7,8)(H,9,10). The lowest BCUT2D eigenvalue weighted by Crippen LogP contribution is -2.39. The normalized spacial score (nSPS) is 15.0. The van der Waals surface area contributed by atoms with Crippen LogP contribution in [0.4, 0.5) is 0 Å². The van der Waals surface area contributed by atoms with Crippen molar-refractivity contribution in [3.63, 3.8) is 0 Å². The molecule has 30 heavy (non-hydrogen) atoms. The van der Waals surface area contributed by atoms with Gasteiger partial charge in [-0.1, -0.05) is 26.2 Å². The second-order valence-corrected chi connectivity index (χ2v) is 5.79. The van der Waals surface area contributed by atoms with E-state index in [0.29, 0.717) is 6.42 Å². The Kier molecular flexibility index (Phi) is 20.1. The fourth-order valence-corrected chi connectivity index (χ4v) is 1.46. The summed E-state index contributed by atoms with van der Waals surface area (Å²) in [5.74, 6) is -7.07. The second kappa shape index (κ2) is 18.7. The molecule has 0 rings (SSSR count). The molecule has 0 aliphatic heterocycles. The number of carboxylic acids is 4. The molecule has 0 aromatic heterocycles. The SMILES string of the molecule is CCCCCC(O)CCO.O=C(O)C(O)C(O)C(=O)O.O=C(O)C(O)C(O)C(=O)O. The van der Waals surface area contributed by atoms with E-state index >= 15 is 0 Å². The van der Waals surface area contributed by atoms with E-state index in [1.165, 1.54) is 12.8 Å². The van der Waals surface area contributed by atoms with Crippen LogP contribution in [0.2, 0.25) is 0 Å². The summed E-state index contributed by atoms with van der Waals surface area (Å²) in [5.41, 5.74) is 0. The first-order chi connectivity index (χ1) is 13.7. The van der Waals surface area contributed by atoms with E-state index in [-0.39, 0.29) is 12.7 Å². The van der Waals surface area contributed by atoms with E-state index < -0.39 is 48.3 Å². The van der Waals surface area contributed by atoms with Crippen molar-refractivity contribution in [2.24, 2.45) is 0 Å². The second-order valence-electron chi connectivity index (χ2n) is 5.79. The van der Waals surface area contributed by atoms with Crippen molar-refractivity contribution in [2.45, 2.75) is 69.5 Å². The minimum atomic E-state index is -2.27. The zero-order valence-corrected chi connectivity index (χ0v) is 16.2. The molecule has 0 aliphatic carbocycles. The zero-order chi connectivity index (χ0) is 24.4. The molecule has 0 saturated carbocycles. The van der Waals surface area contributed by atoms with Crippen molar-refractivity contribution in [1.29, 1.82) is 0 Å². The third-order valence-corrected chi connectivity index (χ3v) is 3.21. The van der Waals surface area contributed by atoms with Gasteiger partial charge in [0.25, 0.3) is 0 Å². The largest absolute Gasteiger partial charge is 0.479 e. The van der Waals surface area contributed by atoms with E-state index in [2.05, 4.69) is 6.92 Å². The number of hydrogen-bond acceptors (Lipinski definition) is 10. The molecule has 14 heteroatoms. The Balaban J connectivity index is -0.000000364. The van der Waals surface area contributed by atoms with Gasteiger partial charge in [0.1, 0.15) is 0 Å². The average Bonchev–Trinajstić information content (AvgIpc) is 2.66. The molecule has 0 saturated heterocycles. The third kappa shape index (κ3) is 17.7. The first-order valence-corrected chi connectivity index (χ1v) is 8.66. The van der Waals surface area contributed by atoms with Gasteiger partial charge in [0, 0.05) is 6.61 Å². The summed E-state index contributed by atoms with van der Waals surface area (Å²) in [7, 11) is 0. The predicted octanol–water partition coefficient (Wildman–Crippen LogP) is -2.94. The van der Waals surface area contributed by atoms with Gasteiger partial charge in [0.15, 0.2) is 24.4 Å². The van der Waals surface area contributed by atoms with Crippen molar-refractivity contribution in [3.8, 4) is 0 Å². The Morgan fingerprint density at radius 1 is 0.600 bits per heavy atom. The van der Waals surface area contributed by atoms with Gasteiger partial charge in [-0.25, -0.2) is 19.2 Å². The highest BCUT2D eigenvalue weighted by atomic mass is 16.4. The van der Waals surface area contributed by atoms with Gasteiger partial charge in [-0.3, -0.25) is 0 Å². The van der Waals surface area contributed by atoms with Crippen LogP contribution < -0.4 is 0 Å². The number of unbranched alkanes of at least 4 members (excludes halogenated alkanes) is 2. The fraction of sp³-hybridized carbons (Fsp3) is 0.750. The van der Waals surface area contributed by atoms with Crippen LogP contribution in [0.1, 0.15) is 39.0 Å². The van der Waals surface area contributed by atoms with Crippen LogP contribution in [0.5, 0.6) is 0 Å². The number of aliphatic hydroxyl groups excluding tert-OH is 6. The maximum Gasteiger partial charge on any atom is 0.335 e. The average molecular weight is 446 g/mol. The Hall–Kier alpha value is -2.36. The minimum absolute atomic E-state index is 0.104. The highest BCUT2D eigenvalue weighted by molar-refractivity contribution is 5.83. The van der Waals surface area contributed by atoms with Gasteiger partial charge in [0.05, 0.1) is 6.10 Å². The monoisotopic (exact) mass is 446 g/mol. The third-order valence-electron chi connectivity index (χ3n) is 3.21. The number of aliphatic carboxylic acids is 4. The fourth-order valence-electron chi connectivity index (χ4n) is 1.46. The van der Waals surface area contributed by atoms with Gasteiger partial charge in [-0.15, -0.1) is 0 Å². The molecule has 5 atom stereocenters. The smallest absolute Gasteiger partial charge is 0.335 e. The summed E-state index contributed by atoms with van der Waals surface area (Å²) in [6.07, 6.45) is -4.52. The van der Waals surface area contributed by atoms with E-state index in [1.807, 2.05) is 0 Å². The van der Waals surface area contributed by atoms with Crippen LogP contribution in [0.15, 0.2) is 0 Å². The lowest BCUT2D eigenvalue weighted by Gasteiger charge is -2.07. The summed E-state index contributed by atoms with van der Waals surface area (Å²) < 4.78 is 0. The molecular weight excluding hydrogens is 416 g/mol. The zero-order valence-electron chi connectivity index (χ0n) is 16.2. The summed E-state index contributed by atoms with van der Waals surface area (Å²) in [6.45, 7) is 2.24. The molecule has 14 nitrogen and oxygen atoms in total. The topological polar surface area (TPSA) is 271 Å². The maximum absolute atomic E-state index is 9.77. The molecule has 10 N–H and O–H groups in total. The summed E-state index contributed by atoms with van der Waals surface area (Å²) in [6, 6.07) is 0. The van der Waals surface area contributed by atoms with E-state index in [1.54, 1.807) is 0 Å². The minimum Gasteiger partial charge on any atom is -0.479 e. The van der Waals surface area contributed by atoms with Crippen molar-refractivity contribution in [2.75, 3.05) is 6.61 Å². The Morgan fingerprint density at radius 2 is 0.900 bits per heavy atom. The van der Waals surface area contributed by atoms with Gasteiger partial charge < -0.3 is 51.1 Å². The highest BCUT2D eigenvalue weighted by Crippen LogP contribution is 2.05. The van der Waals surface area contributed by atoms with Crippen LogP contribution in [0.3, 0.4) is 0 Å². The summed E-state index contributed by atoms with van der Waals surface area (Å²) in [5, 5.41) is 82.6. The van der Waals surface area contributed by atoms with Crippen LogP contribution in [0, 0.1) is 0 Å². The number of carbonyl (C=O) groups is 4. The molecule has 0 aromatic carbocycles. The van der Waals surface area contributed by atoms with Gasteiger partial charge in [-0.05, 0) is 12.8 Å². The summed E-state index contributed by atoms with van der Waals surface area (Å²) in [4.78, 5) is 39.1. The lowest BCUT2D eigenvalue weighted by molar-refractivity contribution is -0.165. The molecule has 0 aliphatic rings. The van der Waals surface area contributed by atoms with Gasteiger partial charge in [0.2, 0.25) is 0 Å². The predicted molar refractivity (Wildman–Crippen MR) is 96.4 cm³/mol. The van der Waals surface area contributed by atoms with Crippen molar-refractivity contribution in [1.82, 2.24) is 0 Å². The molecule has 0 fully saturated rings. The van der Waals surface area contributed by atoms with Crippen LogP contribution in [-0.2, 0) is 19.2 Å². The molecule has 0 bridgehead atoms. The van der Waals surface area contributed by atoms with E-state index in [9.17, 15) is 19.2 Å². The quantitative estimate of drug-likeness (QED) is 0.134. The van der Waals surface area contributed by atoms with Crippen molar-refractivity contribution in [3.05, 3.63) is 0 Å². The summed E-state index contributed by atoms with van der Waals surface area (Å²) >= 11 is 0. The maximum atomic E-state index is 9.77. The molecular formula is C16H30O14. The molecule has 5 unspecified atom stereocenters. The first-order valence-electron chi connectivity index (χ1n) is 8.66. The van der Waals surface area contributed by atoms with Gasteiger partial charge >= 0.3 is 23.9 Å². The van der Waals surface area contributed by atoms with Crippen molar-refractivity contribution < 1.29 is 70.2 Å². The molecule has 0 amide bonds. The number of aliphatic hydroxyl groups is 6. The van der Waals surface area contributed by atoms with Crippen LogP contribution >= 0.6 is 0 Å². The van der Waals surface area contributed by atoms with Gasteiger partial charge in [-0.2, -0.15) is 0 Å².